The molecule has 0 spiro atoms. The summed E-state index contributed by atoms with van der Waals surface area (Å²) in [5.41, 5.74) is 3.07. The molecule has 3 heteroatoms. The zero-order valence-electron chi connectivity index (χ0n) is 10.7. The summed E-state index contributed by atoms with van der Waals surface area (Å²) >= 11 is 0. The molecule has 0 aromatic heterocycles. The van der Waals surface area contributed by atoms with Crippen LogP contribution in [0.2, 0.25) is 0 Å². The topological polar surface area (TPSA) is 38.7 Å². The van der Waals surface area contributed by atoms with Crippen LogP contribution in [0.25, 0.3) is 0 Å². The third-order valence-electron chi connectivity index (χ3n) is 3.62. The van der Waals surface area contributed by atoms with Gasteiger partial charge in [0.15, 0.2) is 6.29 Å². The zero-order chi connectivity index (χ0) is 12.7. The normalized spacial score (nSPS) is 25.7. The monoisotopic (exact) mass is 246 g/mol. The Bertz CT molecular complexity index is 493. The van der Waals surface area contributed by atoms with Gasteiger partial charge < -0.3 is 14.6 Å². The van der Waals surface area contributed by atoms with Crippen molar-refractivity contribution < 1.29 is 14.6 Å². The summed E-state index contributed by atoms with van der Waals surface area (Å²) in [5, 5.41) is 10.1. The maximum absolute atomic E-state index is 10.1. The van der Waals surface area contributed by atoms with Gasteiger partial charge in [0.05, 0.1) is 5.56 Å². The number of fused-ring (bicyclic) bond motifs is 3. The average Bonchev–Trinajstić information content (AvgIpc) is 2.89. The molecule has 1 unspecified atom stereocenters. The van der Waals surface area contributed by atoms with Crippen molar-refractivity contribution in [2.24, 2.45) is 0 Å². The molecule has 1 aliphatic carbocycles. The van der Waals surface area contributed by atoms with Crippen LogP contribution in [0.3, 0.4) is 0 Å². The van der Waals surface area contributed by atoms with Gasteiger partial charge in [0.2, 0.25) is 0 Å². The SMILES string of the molecule is CCOC(O)c1cc(C)cc2c1O[C@@H]1CC=C[C@H]21. The summed E-state index contributed by atoms with van der Waals surface area (Å²) in [6, 6.07) is 4.10. The van der Waals surface area contributed by atoms with Crippen LogP contribution in [0.15, 0.2) is 24.3 Å². The highest BCUT2D eigenvalue weighted by Crippen LogP contribution is 2.47. The first-order chi connectivity index (χ1) is 8.70. The minimum absolute atomic E-state index is 0.203. The highest BCUT2D eigenvalue weighted by Gasteiger charge is 2.37. The number of hydrogen-bond acceptors (Lipinski definition) is 3. The van der Waals surface area contributed by atoms with Crippen molar-refractivity contribution in [2.75, 3.05) is 6.61 Å². The molecule has 3 atom stereocenters. The lowest BCUT2D eigenvalue weighted by molar-refractivity contribution is -0.0992. The fourth-order valence-electron chi connectivity index (χ4n) is 2.85. The number of ether oxygens (including phenoxy) is 2. The highest BCUT2D eigenvalue weighted by molar-refractivity contribution is 5.52. The molecule has 3 rings (SSSR count). The van der Waals surface area contributed by atoms with Crippen molar-refractivity contribution in [1.29, 1.82) is 0 Å². The summed E-state index contributed by atoms with van der Waals surface area (Å²) in [6.07, 6.45) is 4.62. The molecule has 0 radical (unpaired) electrons. The van der Waals surface area contributed by atoms with Crippen LogP contribution in [0.4, 0.5) is 0 Å². The molecule has 0 amide bonds. The minimum atomic E-state index is -0.897. The first kappa shape index (κ1) is 11.8. The smallest absolute Gasteiger partial charge is 0.184 e. The van der Waals surface area contributed by atoms with Crippen LogP contribution in [0.1, 0.15) is 42.2 Å². The standard InChI is InChI=1S/C15H18O3/c1-3-17-15(16)12-8-9(2)7-11-10-5-4-6-13(10)18-14(11)12/h4-5,7-8,10,13,15-16H,3,6H2,1-2H3/t10-,13-,15?/m1/s1. The molecule has 3 nitrogen and oxygen atoms in total. The third-order valence-corrected chi connectivity index (χ3v) is 3.62. The molecule has 1 aromatic rings. The van der Waals surface area contributed by atoms with E-state index in [1.807, 2.05) is 19.9 Å². The summed E-state index contributed by atoms with van der Waals surface area (Å²) in [6.45, 7) is 4.39. The molecule has 0 saturated heterocycles. The molecular formula is C15H18O3. The van der Waals surface area contributed by atoms with Crippen molar-refractivity contribution in [3.05, 3.63) is 41.0 Å². The molecule has 1 N–H and O–H groups in total. The van der Waals surface area contributed by atoms with Crippen LogP contribution < -0.4 is 4.74 Å². The molecule has 0 fully saturated rings. The van der Waals surface area contributed by atoms with E-state index in [1.165, 1.54) is 5.56 Å². The van der Waals surface area contributed by atoms with E-state index in [9.17, 15) is 5.11 Å². The Labute approximate surface area is 107 Å². The second-order valence-electron chi connectivity index (χ2n) is 4.93. The number of hydrogen-bond donors (Lipinski definition) is 1. The van der Waals surface area contributed by atoms with Crippen molar-refractivity contribution in [3.63, 3.8) is 0 Å². The molecule has 1 aliphatic heterocycles. The number of aliphatic hydroxyl groups excluding tert-OH is 1. The Kier molecular flexibility index (Phi) is 2.88. The Balaban J connectivity index is 2.04. The van der Waals surface area contributed by atoms with Crippen molar-refractivity contribution in [3.8, 4) is 5.75 Å². The van der Waals surface area contributed by atoms with Gasteiger partial charge in [-0.2, -0.15) is 0 Å². The van der Waals surface area contributed by atoms with Gasteiger partial charge in [0.1, 0.15) is 11.9 Å². The lowest BCUT2D eigenvalue weighted by Gasteiger charge is -2.16. The lowest BCUT2D eigenvalue weighted by Crippen LogP contribution is -2.12. The minimum Gasteiger partial charge on any atom is -0.488 e. The number of rotatable bonds is 3. The van der Waals surface area contributed by atoms with Crippen LogP contribution in [-0.4, -0.2) is 17.8 Å². The van der Waals surface area contributed by atoms with Crippen molar-refractivity contribution in [1.82, 2.24) is 0 Å². The molecule has 18 heavy (non-hydrogen) atoms. The van der Waals surface area contributed by atoms with Crippen LogP contribution in [0.5, 0.6) is 5.75 Å². The highest BCUT2D eigenvalue weighted by atomic mass is 16.6. The van der Waals surface area contributed by atoms with Gasteiger partial charge >= 0.3 is 0 Å². The second kappa shape index (κ2) is 4.41. The van der Waals surface area contributed by atoms with Gasteiger partial charge in [0.25, 0.3) is 0 Å². The van der Waals surface area contributed by atoms with Gasteiger partial charge in [-0.1, -0.05) is 23.8 Å². The third kappa shape index (κ3) is 1.74. The largest absolute Gasteiger partial charge is 0.488 e. The zero-order valence-corrected chi connectivity index (χ0v) is 10.7. The predicted octanol–water partition coefficient (Wildman–Crippen LogP) is 2.83. The van der Waals surface area contributed by atoms with E-state index in [2.05, 4.69) is 18.2 Å². The average molecular weight is 246 g/mol. The summed E-state index contributed by atoms with van der Waals surface area (Å²) in [5.74, 6) is 1.16. The quantitative estimate of drug-likeness (QED) is 0.658. The molecule has 0 bridgehead atoms. The van der Waals surface area contributed by atoms with Crippen LogP contribution >= 0.6 is 0 Å². The Morgan fingerprint density at radius 2 is 2.33 bits per heavy atom. The summed E-state index contributed by atoms with van der Waals surface area (Å²) in [4.78, 5) is 0. The number of aryl methyl sites for hydroxylation is 1. The predicted molar refractivity (Wildman–Crippen MR) is 68.7 cm³/mol. The number of aliphatic hydroxyl groups is 1. The molecule has 96 valence electrons. The lowest BCUT2D eigenvalue weighted by atomic mass is 9.95. The van der Waals surface area contributed by atoms with Gasteiger partial charge in [-0.05, 0) is 19.9 Å². The van der Waals surface area contributed by atoms with E-state index in [-0.39, 0.29) is 6.10 Å². The Hall–Kier alpha value is -1.32. The molecule has 1 aromatic carbocycles. The van der Waals surface area contributed by atoms with Gasteiger partial charge in [-0.3, -0.25) is 0 Å². The maximum atomic E-state index is 10.1. The summed E-state index contributed by atoms with van der Waals surface area (Å²) < 4.78 is 11.3. The van der Waals surface area contributed by atoms with Gasteiger partial charge in [0, 0.05) is 24.5 Å². The fraction of sp³-hybridized carbons (Fsp3) is 0.467. The van der Waals surface area contributed by atoms with E-state index < -0.39 is 6.29 Å². The van der Waals surface area contributed by atoms with Crippen molar-refractivity contribution >= 4 is 0 Å². The summed E-state index contributed by atoms with van der Waals surface area (Å²) in [7, 11) is 0. The van der Waals surface area contributed by atoms with E-state index >= 15 is 0 Å². The molecule has 1 heterocycles. The molecular weight excluding hydrogens is 228 g/mol. The van der Waals surface area contributed by atoms with Gasteiger partial charge in [-0.25, -0.2) is 0 Å². The maximum Gasteiger partial charge on any atom is 0.184 e. The van der Waals surface area contributed by atoms with E-state index in [0.29, 0.717) is 12.5 Å². The Morgan fingerprint density at radius 1 is 1.50 bits per heavy atom. The molecule has 0 saturated carbocycles. The Morgan fingerprint density at radius 3 is 3.11 bits per heavy atom. The van der Waals surface area contributed by atoms with E-state index in [4.69, 9.17) is 9.47 Å². The number of benzene rings is 1. The van der Waals surface area contributed by atoms with Crippen LogP contribution in [-0.2, 0) is 4.74 Å². The van der Waals surface area contributed by atoms with Gasteiger partial charge in [-0.15, -0.1) is 0 Å². The van der Waals surface area contributed by atoms with E-state index in [0.717, 1.165) is 23.3 Å². The molecule has 2 aliphatic rings. The second-order valence-corrected chi connectivity index (χ2v) is 4.93. The fourth-order valence-corrected chi connectivity index (χ4v) is 2.85. The van der Waals surface area contributed by atoms with Crippen molar-refractivity contribution in [2.45, 2.75) is 38.6 Å². The first-order valence-corrected chi connectivity index (χ1v) is 6.48. The van der Waals surface area contributed by atoms with Crippen LogP contribution in [0, 0.1) is 6.92 Å². The van der Waals surface area contributed by atoms with E-state index in [1.54, 1.807) is 0 Å². The first-order valence-electron chi connectivity index (χ1n) is 6.48.